The van der Waals surface area contributed by atoms with Crippen LogP contribution in [0.5, 0.6) is 0 Å². The molecular formula is C13H13N3S. The normalized spacial score (nSPS) is 14.9. The number of aromatic nitrogens is 3. The van der Waals surface area contributed by atoms with E-state index < -0.39 is 0 Å². The van der Waals surface area contributed by atoms with Gasteiger partial charge in [-0.2, -0.15) is 0 Å². The second-order valence-electron chi connectivity index (χ2n) is 4.47. The van der Waals surface area contributed by atoms with Crippen molar-refractivity contribution in [1.82, 2.24) is 15.0 Å². The van der Waals surface area contributed by atoms with Crippen molar-refractivity contribution in [3.63, 3.8) is 0 Å². The minimum atomic E-state index is 0.641. The molecule has 1 aliphatic rings. The molecule has 17 heavy (non-hydrogen) atoms. The third-order valence-corrected chi connectivity index (χ3v) is 3.22. The molecule has 0 unspecified atom stereocenters. The second kappa shape index (κ2) is 4.04. The third kappa shape index (κ3) is 2.13. The first kappa shape index (κ1) is 10.6. The molecule has 2 aromatic heterocycles. The number of aromatic amines is 1. The van der Waals surface area contributed by atoms with Gasteiger partial charge in [-0.3, -0.25) is 4.98 Å². The summed E-state index contributed by atoms with van der Waals surface area (Å²) >= 11 is 5.22. The van der Waals surface area contributed by atoms with E-state index in [9.17, 15) is 0 Å². The van der Waals surface area contributed by atoms with Gasteiger partial charge in [-0.25, -0.2) is 4.98 Å². The zero-order chi connectivity index (χ0) is 11.8. The van der Waals surface area contributed by atoms with Crippen molar-refractivity contribution in [2.75, 3.05) is 0 Å². The summed E-state index contributed by atoms with van der Waals surface area (Å²) in [5, 5.41) is 0. The summed E-state index contributed by atoms with van der Waals surface area (Å²) in [5.74, 6) is 1.43. The van der Waals surface area contributed by atoms with Crippen LogP contribution in [0.1, 0.15) is 30.0 Å². The maximum Gasteiger partial charge on any atom is 0.158 e. The largest absolute Gasteiger partial charge is 0.342 e. The van der Waals surface area contributed by atoms with Crippen molar-refractivity contribution in [3.05, 3.63) is 40.3 Å². The van der Waals surface area contributed by atoms with Crippen LogP contribution < -0.4 is 0 Å². The summed E-state index contributed by atoms with van der Waals surface area (Å²) in [6.07, 6.45) is 4.27. The fourth-order valence-corrected chi connectivity index (χ4v) is 2.15. The Morgan fingerprint density at radius 2 is 2.24 bits per heavy atom. The van der Waals surface area contributed by atoms with E-state index in [2.05, 4.69) is 15.0 Å². The summed E-state index contributed by atoms with van der Waals surface area (Å²) in [4.78, 5) is 12.1. The lowest BCUT2D eigenvalue weighted by Crippen LogP contribution is -1.98. The Balaban J connectivity index is 2.14. The maximum atomic E-state index is 5.22. The lowest BCUT2D eigenvalue weighted by atomic mass is 10.2. The van der Waals surface area contributed by atoms with Crippen molar-refractivity contribution in [2.24, 2.45) is 0 Å². The molecule has 0 saturated heterocycles. The molecule has 0 aliphatic heterocycles. The molecule has 0 bridgehead atoms. The number of aryl methyl sites for hydroxylation is 1. The third-order valence-electron chi connectivity index (χ3n) is 3.01. The van der Waals surface area contributed by atoms with Crippen LogP contribution in [0.3, 0.4) is 0 Å². The Hall–Kier alpha value is -1.55. The van der Waals surface area contributed by atoms with Gasteiger partial charge in [0, 0.05) is 11.9 Å². The Kier molecular flexibility index (Phi) is 2.52. The monoisotopic (exact) mass is 243 g/mol. The topological polar surface area (TPSA) is 41.6 Å². The fourth-order valence-electron chi connectivity index (χ4n) is 1.94. The highest BCUT2D eigenvalue weighted by Crippen LogP contribution is 2.39. The first-order valence-corrected chi connectivity index (χ1v) is 6.18. The van der Waals surface area contributed by atoms with E-state index in [-0.39, 0.29) is 0 Å². The summed E-state index contributed by atoms with van der Waals surface area (Å²) in [6, 6.07) is 5.93. The van der Waals surface area contributed by atoms with Crippen LogP contribution in [-0.2, 0) is 0 Å². The molecule has 1 saturated carbocycles. The molecule has 1 N–H and O–H groups in total. The summed E-state index contributed by atoms with van der Waals surface area (Å²) in [7, 11) is 0. The SMILES string of the molecule is Cc1cccnc1-c1nc(=S)cc(C2CC2)[nH]1. The van der Waals surface area contributed by atoms with Crippen molar-refractivity contribution in [2.45, 2.75) is 25.7 Å². The van der Waals surface area contributed by atoms with Gasteiger partial charge in [0.25, 0.3) is 0 Å². The Bertz CT molecular complexity index is 614. The number of nitrogens with zero attached hydrogens (tertiary/aromatic N) is 2. The lowest BCUT2D eigenvalue weighted by molar-refractivity contribution is 0.979. The molecule has 0 spiro atoms. The van der Waals surface area contributed by atoms with Gasteiger partial charge in [0.2, 0.25) is 0 Å². The van der Waals surface area contributed by atoms with Gasteiger partial charge < -0.3 is 4.98 Å². The van der Waals surface area contributed by atoms with E-state index in [1.165, 1.54) is 18.5 Å². The van der Waals surface area contributed by atoms with Gasteiger partial charge in [-0.15, -0.1) is 0 Å². The first-order chi connectivity index (χ1) is 8.24. The number of pyridine rings is 1. The maximum absolute atomic E-state index is 5.22. The van der Waals surface area contributed by atoms with Crippen LogP contribution in [0.4, 0.5) is 0 Å². The summed E-state index contributed by atoms with van der Waals surface area (Å²) < 4.78 is 0.644. The minimum absolute atomic E-state index is 0.641. The molecule has 0 amide bonds. The predicted molar refractivity (Wildman–Crippen MR) is 69.4 cm³/mol. The smallest absolute Gasteiger partial charge is 0.158 e. The molecule has 1 fully saturated rings. The van der Waals surface area contributed by atoms with Crippen LogP contribution >= 0.6 is 12.2 Å². The van der Waals surface area contributed by atoms with Gasteiger partial charge in [-0.05, 0) is 43.4 Å². The number of rotatable bonds is 2. The van der Waals surface area contributed by atoms with Crippen LogP contribution in [0.25, 0.3) is 11.5 Å². The van der Waals surface area contributed by atoms with E-state index in [0.717, 1.165) is 17.1 Å². The van der Waals surface area contributed by atoms with E-state index in [1.807, 2.05) is 25.1 Å². The zero-order valence-corrected chi connectivity index (χ0v) is 10.4. The molecule has 3 rings (SSSR count). The quantitative estimate of drug-likeness (QED) is 0.822. The Morgan fingerprint density at radius 1 is 1.41 bits per heavy atom. The molecule has 1 aliphatic carbocycles. The molecular weight excluding hydrogens is 230 g/mol. The lowest BCUT2D eigenvalue weighted by Gasteiger charge is -2.06. The molecule has 4 heteroatoms. The minimum Gasteiger partial charge on any atom is -0.342 e. The fraction of sp³-hybridized carbons (Fsp3) is 0.308. The average Bonchev–Trinajstić information content (AvgIpc) is 3.12. The molecule has 86 valence electrons. The van der Waals surface area contributed by atoms with E-state index in [4.69, 9.17) is 12.2 Å². The van der Waals surface area contributed by atoms with Gasteiger partial charge in [0.15, 0.2) is 5.82 Å². The van der Waals surface area contributed by atoms with Crippen LogP contribution in [-0.4, -0.2) is 15.0 Å². The second-order valence-corrected chi connectivity index (χ2v) is 4.88. The van der Waals surface area contributed by atoms with Crippen molar-refractivity contribution in [3.8, 4) is 11.5 Å². The molecule has 3 nitrogen and oxygen atoms in total. The van der Waals surface area contributed by atoms with E-state index in [1.54, 1.807) is 6.20 Å². The van der Waals surface area contributed by atoms with Gasteiger partial charge in [0.05, 0.1) is 0 Å². The summed E-state index contributed by atoms with van der Waals surface area (Å²) in [5.41, 5.74) is 3.20. The Labute approximate surface area is 105 Å². The number of hydrogen-bond donors (Lipinski definition) is 1. The zero-order valence-electron chi connectivity index (χ0n) is 9.60. The number of hydrogen-bond acceptors (Lipinski definition) is 3. The van der Waals surface area contributed by atoms with Gasteiger partial charge >= 0.3 is 0 Å². The summed E-state index contributed by atoms with van der Waals surface area (Å²) in [6.45, 7) is 2.03. The number of H-pyrrole nitrogens is 1. The first-order valence-electron chi connectivity index (χ1n) is 5.77. The molecule has 0 aromatic carbocycles. The van der Waals surface area contributed by atoms with Gasteiger partial charge in [-0.1, -0.05) is 18.3 Å². The van der Waals surface area contributed by atoms with E-state index >= 15 is 0 Å². The molecule has 0 radical (unpaired) electrons. The van der Waals surface area contributed by atoms with Crippen molar-refractivity contribution in [1.29, 1.82) is 0 Å². The molecule has 2 heterocycles. The van der Waals surface area contributed by atoms with Crippen LogP contribution in [0, 0.1) is 11.6 Å². The Morgan fingerprint density at radius 3 is 2.94 bits per heavy atom. The highest BCUT2D eigenvalue weighted by Gasteiger charge is 2.25. The predicted octanol–water partition coefficient (Wildman–Crippen LogP) is 3.39. The van der Waals surface area contributed by atoms with Crippen molar-refractivity contribution >= 4 is 12.2 Å². The standard InChI is InChI=1S/C13H13N3S/c1-8-3-2-6-14-12(8)13-15-10(9-4-5-9)7-11(17)16-13/h2-3,6-7,9H,4-5H2,1H3,(H,15,16,17). The molecule has 0 atom stereocenters. The highest BCUT2D eigenvalue weighted by atomic mass is 32.1. The van der Waals surface area contributed by atoms with Gasteiger partial charge in [0.1, 0.15) is 10.3 Å². The average molecular weight is 243 g/mol. The highest BCUT2D eigenvalue weighted by molar-refractivity contribution is 7.71. The van der Waals surface area contributed by atoms with Crippen LogP contribution in [0.2, 0.25) is 0 Å². The van der Waals surface area contributed by atoms with Crippen LogP contribution in [0.15, 0.2) is 24.4 Å². The number of nitrogens with one attached hydrogen (secondary N) is 1. The molecule has 2 aromatic rings. The van der Waals surface area contributed by atoms with Crippen molar-refractivity contribution < 1.29 is 0 Å². The van der Waals surface area contributed by atoms with E-state index in [0.29, 0.717) is 10.6 Å².